The van der Waals surface area contributed by atoms with Crippen LogP contribution in [0.2, 0.25) is 0 Å². The zero-order chi connectivity index (χ0) is 19.8. The summed E-state index contributed by atoms with van der Waals surface area (Å²) in [7, 11) is 5.58. The normalized spacial score (nSPS) is 14.0. The molecule has 6 heteroatoms. The highest BCUT2D eigenvalue weighted by atomic mass is 16.5. The fraction of sp³-hybridized carbons (Fsp3) is 0.455. The molecule has 2 aromatic heterocycles. The summed E-state index contributed by atoms with van der Waals surface area (Å²) in [5.74, 6) is -0.333. The molecule has 2 N–H and O–H groups in total. The summed E-state index contributed by atoms with van der Waals surface area (Å²) in [6.07, 6.45) is 5.30. The van der Waals surface area contributed by atoms with E-state index in [9.17, 15) is 4.79 Å². The Morgan fingerprint density at radius 1 is 1.29 bits per heavy atom. The quantitative estimate of drug-likeness (QED) is 0.687. The van der Waals surface area contributed by atoms with Gasteiger partial charge in [-0.3, -0.25) is 0 Å². The van der Waals surface area contributed by atoms with Crippen molar-refractivity contribution in [2.75, 3.05) is 33.5 Å². The zero-order valence-corrected chi connectivity index (χ0v) is 16.9. The molecule has 1 aromatic carbocycles. The molecular weight excluding hydrogens is 352 g/mol. The summed E-state index contributed by atoms with van der Waals surface area (Å²) in [4.78, 5) is 19.3. The highest BCUT2D eigenvalue weighted by Crippen LogP contribution is 2.38. The molecule has 28 heavy (non-hydrogen) atoms. The number of ether oxygens (including phenoxy) is 1. The predicted octanol–water partition coefficient (Wildman–Crippen LogP) is 3.39. The first-order valence-electron chi connectivity index (χ1n) is 9.97. The lowest BCUT2D eigenvalue weighted by molar-refractivity contribution is 0.0601. The third-order valence-corrected chi connectivity index (χ3v) is 5.72. The van der Waals surface area contributed by atoms with Crippen LogP contribution >= 0.6 is 0 Å². The lowest BCUT2D eigenvalue weighted by Gasteiger charge is -2.18. The van der Waals surface area contributed by atoms with Crippen molar-refractivity contribution >= 4 is 33.6 Å². The van der Waals surface area contributed by atoms with E-state index in [1.807, 2.05) is 18.2 Å². The Kier molecular flexibility index (Phi) is 4.98. The first kappa shape index (κ1) is 18.7. The minimum absolute atomic E-state index is 0.333. The fourth-order valence-electron chi connectivity index (χ4n) is 4.32. The lowest BCUT2D eigenvalue weighted by Crippen LogP contribution is -2.15. The van der Waals surface area contributed by atoms with Crippen molar-refractivity contribution < 1.29 is 9.53 Å². The van der Waals surface area contributed by atoms with Gasteiger partial charge in [-0.25, -0.2) is 9.78 Å². The molecule has 6 nitrogen and oxygen atoms in total. The molecule has 0 unspecified atom stereocenters. The Balaban J connectivity index is 1.96. The number of methoxy groups -OCH3 is 1. The van der Waals surface area contributed by atoms with Crippen LogP contribution in [-0.2, 0) is 24.1 Å². The van der Waals surface area contributed by atoms with E-state index in [0.717, 1.165) is 78.5 Å². The standard InChI is InChI=1S/C22H28N4O2/c1-25(2)11-6-12-26-18-10-9-14(22(27)28-3)13-16(18)19-20(23)15-7-4-5-8-17(15)24-21(19)26/h9-10,13H,4-8,11-12H2,1-3H3,(H2,23,24). The Hall–Kier alpha value is -2.60. The van der Waals surface area contributed by atoms with Crippen LogP contribution in [0.5, 0.6) is 0 Å². The van der Waals surface area contributed by atoms with Crippen molar-refractivity contribution in [3.8, 4) is 0 Å². The molecule has 148 valence electrons. The van der Waals surface area contributed by atoms with E-state index in [-0.39, 0.29) is 5.97 Å². The molecule has 4 rings (SSSR count). The van der Waals surface area contributed by atoms with E-state index in [0.29, 0.717) is 5.56 Å². The van der Waals surface area contributed by atoms with Crippen molar-refractivity contribution in [1.29, 1.82) is 0 Å². The number of benzene rings is 1. The van der Waals surface area contributed by atoms with Gasteiger partial charge in [0.2, 0.25) is 0 Å². The van der Waals surface area contributed by atoms with E-state index in [1.165, 1.54) is 12.7 Å². The third-order valence-electron chi connectivity index (χ3n) is 5.72. The number of pyridine rings is 1. The zero-order valence-electron chi connectivity index (χ0n) is 16.9. The van der Waals surface area contributed by atoms with Crippen LogP contribution in [0.25, 0.3) is 21.9 Å². The molecule has 0 amide bonds. The minimum atomic E-state index is -0.333. The van der Waals surface area contributed by atoms with Gasteiger partial charge in [0.05, 0.1) is 23.6 Å². The van der Waals surface area contributed by atoms with Gasteiger partial charge in [-0.05, 0) is 76.5 Å². The number of fused-ring (bicyclic) bond motifs is 4. The van der Waals surface area contributed by atoms with Gasteiger partial charge < -0.3 is 19.9 Å². The van der Waals surface area contributed by atoms with Crippen LogP contribution in [0.3, 0.4) is 0 Å². The maximum absolute atomic E-state index is 12.1. The molecule has 3 aromatic rings. The smallest absolute Gasteiger partial charge is 0.337 e. The van der Waals surface area contributed by atoms with Crippen LogP contribution in [0.4, 0.5) is 5.69 Å². The van der Waals surface area contributed by atoms with Crippen LogP contribution in [0.15, 0.2) is 18.2 Å². The number of hydrogen-bond donors (Lipinski definition) is 1. The van der Waals surface area contributed by atoms with Crippen molar-refractivity contribution in [2.24, 2.45) is 0 Å². The van der Waals surface area contributed by atoms with E-state index in [2.05, 4.69) is 23.6 Å². The van der Waals surface area contributed by atoms with Crippen molar-refractivity contribution in [3.63, 3.8) is 0 Å². The number of nitrogens with zero attached hydrogens (tertiary/aromatic N) is 3. The van der Waals surface area contributed by atoms with Gasteiger partial charge in [0, 0.05) is 23.3 Å². The second kappa shape index (κ2) is 7.43. The van der Waals surface area contributed by atoms with E-state index in [1.54, 1.807) is 0 Å². The number of aryl methyl sites for hydroxylation is 2. The largest absolute Gasteiger partial charge is 0.465 e. The molecule has 1 aliphatic rings. The molecule has 0 spiro atoms. The monoisotopic (exact) mass is 380 g/mol. The summed E-state index contributed by atoms with van der Waals surface area (Å²) in [6.45, 7) is 1.86. The molecule has 1 aliphatic carbocycles. The topological polar surface area (TPSA) is 73.4 Å². The summed E-state index contributed by atoms with van der Waals surface area (Å²) in [5, 5.41) is 1.97. The number of hydrogen-bond acceptors (Lipinski definition) is 5. The van der Waals surface area contributed by atoms with Gasteiger partial charge in [0.15, 0.2) is 0 Å². The summed E-state index contributed by atoms with van der Waals surface area (Å²) in [6, 6.07) is 5.72. The first-order chi connectivity index (χ1) is 13.5. The van der Waals surface area contributed by atoms with Crippen molar-refractivity contribution in [1.82, 2.24) is 14.5 Å². The van der Waals surface area contributed by atoms with Crippen LogP contribution in [0.1, 0.15) is 40.9 Å². The van der Waals surface area contributed by atoms with Gasteiger partial charge >= 0.3 is 5.97 Å². The molecular formula is C22H28N4O2. The SMILES string of the molecule is COC(=O)c1ccc2c(c1)c1c(N)c3c(nc1n2CCCN(C)C)CCCC3. The number of anilines is 1. The lowest BCUT2D eigenvalue weighted by atomic mass is 9.93. The van der Waals surface area contributed by atoms with E-state index < -0.39 is 0 Å². The number of nitrogens with two attached hydrogens (primary N) is 1. The Bertz CT molecular complexity index is 1050. The molecule has 0 bridgehead atoms. The van der Waals surface area contributed by atoms with Gasteiger partial charge in [-0.1, -0.05) is 0 Å². The van der Waals surface area contributed by atoms with Gasteiger partial charge in [0.25, 0.3) is 0 Å². The third kappa shape index (κ3) is 3.11. The molecule has 2 heterocycles. The summed E-state index contributed by atoms with van der Waals surface area (Å²) in [5.41, 5.74) is 12.4. The predicted molar refractivity (Wildman–Crippen MR) is 113 cm³/mol. The summed E-state index contributed by atoms with van der Waals surface area (Å²) < 4.78 is 7.18. The maximum Gasteiger partial charge on any atom is 0.337 e. The molecule has 0 saturated heterocycles. The van der Waals surface area contributed by atoms with Crippen LogP contribution < -0.4 is 5.73 Å². The van der Waals surface area contributed by atoms with Crippen LogP contribution in [0, 0.1) is 0 Å². The number of aromatic nitrogens is 2. The number of carbonyl (C=O) groups is 1. The van der Waals surface area contributed by atoms with Crippen molar-refractivity contribution in [2.45, 2.75) is 38.6 Å². The molecule has 0 fully saturated rings. The van der Waals surface area contributed by atoms with Crippen LogP contribution in [-0.4, -0.2) is 48.2 Å². The highest BCUT2D eigenvalue weighted by molar-refractivity contribution is 6.14. The van der Waals surface area contributed by atoms with Gasteiger partial charge in [0.1, 0.15) is 5.65 Å². The molecule has 0 saturated carbocycles. The van der Waals surface area contributed by atoms with Gasteiger partial charge in [-0.2, -0.15) is 0 Å². The van der Waals surface area contributed by atoms with E-state index in [4.69, 9.17) is 15.5 Å². The number of esters is 1. The molecule has 0 atom stereocenters. The minimum Gasteiger partial charge on any atom is -0.465 e. The first-order valence-corrected chi connectivity index (χ1v) is 9.97. The second-order valence-corrected chi connectivity index (χ2v) is 7.89. The Labute approximate surface area is 165 Å². The molecule has 0 aliphatic heterocycles. The number of carbonyl (C=O) groups excluding carboxylic acids is 1. The average Bonchev–Trinajstić information content (AvgIpc) is 3.00. The summed E-state index contributed by atoms with van der Waals surface area (Å²) >= 11 is 0. The maximum atomic E-state index is 12.1. The van der Waals surface area contributed by atoms with Gasteiger partial charge in [-0.15, -0.1) is 0 Å². The fourth-order valence-corrected chi connectivity index (χ4v) is 4.32. The number of nitrogen functional groups attached to an aromatic ring is 1. The Morgan fingerprint density at radius 3 is 2.82 bits per heavy atom. The number of rotatable bonds is 5. The van der Waals surface area contributed by atoms with E-state index >= 15 is 0 Å². The second-order valence-electron chi connectivity index (χ2n) is 7.89. The Morgan fingerprint density at radius 2 is 2.07 bits per heavy atom. The average molecular weight is 380 g/mol. The van der Waals surface area contributed by atoms with Crippen molar-refractivity contribution in [3.05, 3.63) is 35.0 Å². The molecule has 0 radical (unpaired) electrons. The highest BCUT2D eigenvalue weighted by Gasteiger charge is 2.22.